The maximum absolute atomic E-state index is 13.2. The number of carbonyl (C=O) groups excluding carboxylic acids is 1. The molecule has 32 heavy (non-hydrogen) atoms. The van der Waals surface area contributed by atoms with Gasteiger partial charge in [-0.3, -0.25) is 14.9 Å². The number of rotatable bonds is 8. The van der Waals surface area contributed by atoms with Crippen molar-refractivity contribution in [3.8, 4) is 11.6 Å². The van der Waals surface area contributed by atoms with E-state index in [0.29, 0.717) is 18.7 Å². The van der Waals surface area contributed by atoms with Crippen molar-refractivity contribution in [2.24, 2.45) is 7.05 Å². The van der Waals surface area contributed by atoms with E-state index in [9.17, 15) is 23.3 Å². The molecule has 1 N–H and O–H groups in total. The van der Waals surface area contributed by atoms with Gasteiger partial charge in [0.05, 0.1) is 4.92 Å². The summed E-state index contributed by atoms with van der Waals surface area (Å²) < 4.78 is 34.9. The van der Waals surface area contributed by atoms with Crippen LogP contribution in [0.4, 0.5) is 5.69 Å². The molecule has 174 valence electrons. The maximum Gasteiger partial charge on any atom is 0.272 e. The molecule has 2 aromatic rings. The first-order valence-electron chi connectivity index (χ1n) is 10.4. The van der Waals surface area contributed by atoms with E-state index >= 15 is 0 Å². The smallest absolute Gasteiger partial charge is 0.272 e. The molecule has 1 fully saturated rings. The third-order valence-electron chi connectivity index (χ3n) is 5.45. The third-order valence-corrected chi connectivity index (χ3v) is 7.37. The van der Waals surface area contributed by atoms with Crippen LogP contribution in [0.15, 0.2) is 23.1 Å². The molecule has 1 aromatic carbocycles. The number of nitro benzene ring substituents is 1. The number of benzene rings is 1. The summed E-state index contributed by atoms with van der Waals surface area (Å²) in [6, 6.07) is 3.40. The van der Waals surface area contributed by atoms with Crippen LogP contribution < -0.4 is 10.1 Å². The summed E-state index contributed by atoms with van der Waals surface area (Å²) in [5, 5.41) is 18.3. The van der Waals surface area contributed by atoms with E-state index in [1.165, 1.54) is 21.1 Å². The molecule has 1 aliphatic heterocycles. The fourth-order valence-electron chi connectivity index (χ4n) is 3.43. The summed E-state index contributed by atoms with van der Waals surface area (Å²) in [5.41, 5.74) is 0.232. The van der Waals surface area contributed by atoms with Crippen LogP contribution >= 0.6 is 0 Å². The second kappa shape index (κ2) is 9.25. The molecule has 3 rings (SSSR count). The van der Waals surface area contributed by atoms with Gasteiger partial charge in [-0.05, 0) is 39.2 Å². The van der Waals surface area contributed by atoms with Gasteiger partial charge in [-0.15, -0.1) is 0 Å². The highest BCUT2D eigenvalue weighted by atomic mass is 32.2. The van der Waals surface area contributed by atoms with Gasteiger partial charge in [-0.1, -0.05) is 6.92 Å². The second-order valence-electron chi connectivity index (χ2n) is 7.79. The van der Waals surface area contributed by atoms with Crippen LogP contribution in [0.2, 0.25) is 0 Å². The number of hydrogen-bond donors (Lipinski definition) is 1. The summed E-state index contributed by atoms with van der Waals surface area (Å²) in [4.78, 5) is 22.9. The quantitative estimate of drug-likeness (QED) is 0.467. The van der Waals surface area contributed by atoms with E-state index in [0.717, 1.165) is 25.3 Å². The molecule has 1 amide bonds. The number of nitro groups is 1. The molecule has 1 aliphatic rings. The van der Waals surface area contributed by atoms with Gasteiger partial charge in [0.1, 0.15) is 10.6 Å². The lowest BCUT2D eigenvalue weighted by atomic mass is 10.2. The molecule has 11 nitrogen and oxygen atoms in total. The van der Waals surface area contributed by atoms with Gasteiger partial charge in [0.15, 0.2) is 5.69 Å². The van der Waals surface area contributed by atoms with Gasteiger partial charge < -0.3 is 10.1 Å². The number of aryl methyl sites for hydroxylation is 1. The minimum absolute atomic E-state index is 0.0415. The first-order valence-corrected chi connectivity index (χ1v) is 11.8. The van der Waals surface area contributed by atoms with E-state index in [1.54, 1.807) is 14.0 Å². The van der Waals surface area contributed by atoms with Crippen molar-refractivity contribution >= 4 is 21.6 Å². The van der Waals surface area contributed by atoms with E-state index < -0.39 is 14.9 Å². The maximum atomic E-state index is 13.2. The van der Waals surface area contributed by atoms with Crippen LogP contribution in [0.5, 0.6) is 11.6 Å². The zero-order valence-electron chi connectivity index (χ0n) is 18.5. The van der Waals surface area contributed by atoms with Gasteiger partial charge in [-0.25, -0.2) is 13.1 Å². The highest BCUT2D eigenvalue weighted by Gasteiger charge is 2.32. The van der Waals surface area contributed by atoms with Crippen molar-refractivity contribution in [3.05, 3.63) is 39.6 Å². The number of amides is 1. The molecule has 1 atom stereocenters. The molecule has 0 saturated carbocycles. The number of nitrogens with zero attached hydrogens (tertiary/aromatic N) is 4. The lowest BCUT2D eigenvalue weighted by molar-refractivity contribution is -0.385. The minimum Gasteiger partial charge on any atom is -0.438 e. The van der Waals surface area contributed by atoms with Crippen LogP contribution in [0.3, 0.4) is 0 Å². The molecule has 2 heterocycles. The Bertz CT molecular complexity index is 1140. The zero-order chi connectivity index (χ0) is 23.6. The van der Waals surface area contributed by atoms with Crippen LogP contribution in [0.1, 0.15) is 49.2 Å². The number of sulfonamides is 1. The van der Waals surface area contributed by atoms with Crippen LogP contribution in [0, 0.1) is 17.0 Å². The molecule has 1 aromatic heterocycles. The zero-order valence-corrected chi connectivity index (χ0v) is 19.3. The fourth-order valence-corrected chi connectivity index (χ4v) is 5.09. The number of carbonyl (C=O) groups is 1. The van der Waals surface area contributed by atoms with Crippen molar-refractivity contribution in [2.75, 3.05) is 13.1 Å². The standard InChI is InChI=1S/C20H27N5O6S/c1-5-13(2)21-19(26)18-14(3)20(23(4)22-18)31-16-9-8-15(25(27)28)12-17(16)32(29,30)24-10-6-7-11-24/h8-9,12-13H,5-7,10-11H2,1-4H3,(H,21,26)/t13-/m0/s1. The summed E-state index contributed by atoms with van der Waals surface area (Å²) in [6.45, 7) is 6.15. The Balaban J connectivity index is 2.02. The summed E-state index contributed by atoms with van der Waals surface area (Å²) in [7, 11) is -2.43. The first-order chi connectivity index (χ1) is 15.1. The molecule has 0 radical (unpaired) electrons. The van der Waals surface area contributed by atoms with Crippen molar-refractivity contribution < 1.29 is 22.9 Å². The molecule has 0 aliphatic carbocycles. The molecular formula is C20H27N5O6S. The summed E-state index contributed by atoms with van der Waals surface area (Å²) in [6.07, 6.45) is 2.20. The van der Waals surface area contributed by atoms with Crippen molar-refractivity contribution in [1.82, 2.24) is 19.4 Å². The highest BCUT2D eigenvalue weighted by molar-refractivity contribution is 7.89. The molecule has 0 spiro atoms. The van der Waals surface area contributed by atoms with E-state index in [-0.39, 0.29) is 39.9 Å². The summed E-state index contributed by atoms with van der Waals surface area (Å²) in [5.74, 6) is -0.260. The first kappa shape index (κ1) is 23.7. The average Bonchev–Trinajstić information content (AvgIpc) is 3.38. The van der Waals surface area contributed by atoms with Crippen LogP contribution in [0.25, 0.3) is 0 Å². The van der Waals surface area contributed by atoms with Crippen LogP contribution in [-0.2, 0) is 17.1 Å². The van der Waals surface area contributed by atoms with E-state index in [4.69, 9.17) is 4.74 Å². The Labute approximate surface area is 186 Å². The van der Waals surface area contributed by atoms with E-state index in [2.05, 4.69) is 10.4 Å². The predicted molar refractivity (Wildman–Crippen MR) is 116 cm³/mol. The Morgan fingerprint density at radius 2 is 2.00 bits per heavy atom. The third kappa shape index (κ3) is 4.60. The van der Waals surface area contributed by atoms with E-state index in [1.807, 2.05) is 13.8 Å². The predicted octanol–water partition coefficient (Wildman–Crippen LogP) is 2.74. The molecular weight excluding hydrogens is 438 g/mol. The Morgan fingerprint density at radius 1 is 1.34 bits per heavy atom. The van der Waals surface area contributed by atoms with Gasteiger partial charge in [0.25, 0.3) is 11.6 Å². The number of hydrogen-bond acceptors (Lipinski definition) is 7. The Kier molecular flexibility index (Phi) is 6.84. The monoisotopic (exact) mass is 465 g/mol. The number of aromatic nitrogens is 2. The second-order valence-corrected chi connectivity index (χ2v) is 9.69. The van der Waals surface area contributed by atoms with Gasteiger partial charge >= 0.3 is 0 Å². The average molecular weight is 466 g/mol. The summed E-state index contributed by atoms with van der Waals surface area (Å²) >= 11 is 0. The molecule has 0 bridgehead atoms. The lowest BCUT2D eigenvalue weighted by Gasteiger charge is -2.18. The fraction of sp³-hybridized carbons (Fsp3) is 0.500. The number of nitrogens with one attached hydrogen (secondary N) is 1. The van der Waals surface area contributed by atoms with Crippen molar-refractivity contribution in [2.45, 2.75) is 51.0 Å². The largest absolute Gasteiger partial charge is 0.438 e. The normalized spacial score (nSPS) is 15.5. The topological polar surface area (TPSA) is 137 Å². The van der Waals surface area contributed by atoms with Gasteiger partial charge in [-0.2, -0.15) is 9.40 Å². The highest BCUT2D eigenvalue weighted by Crippen LogP contribution is 2.36. The molecule has 12 heteroatoms. The Morgan fingerprint density at radius 3 is 2.59 bits per heavy atom. The van der Waals surface area contributed by atoms with Gasteiger partial charge in [0, 0.05) is 43.9 Å². The van der Waals surface area contributed by atoms with Crippen LogP contribution in [-0.4, -0.2) is 52.5 Å². The molecule has 0 unspecified atom stereocenters. The number of ether oxygens (including phenoxy) is 1. The van der Waals surface area contributed by atoms with Crippen molar-refractivity contribution in [1.29, 1.82) is 0 Å². The lowest BCUT2D eigenvalue weighted by Crippen LogP contribution is -2.32. The number of non-ortho nitro benzene ring substituents is 1. The SMILES string of the molecule is CC[C@H](C)NC(=O)c1nn(C)c(Oc2ccc([N+](=O)[O-])cc2S(=O)(=O)N2CCCC2)c1C. The minimum atomic E-state index is -4.01. The van der Waals surface area contributed by atoms with Crippen molar-refractivity contribution in [3.63, 3.8) is 0 Å². The Hall–Kier alpha value is -2.99. The molecule has 1 saturated heterocycles. The van der Waals surface area contributed by atoms with Gasteiger partial charge in [0.2, 0.25) is 15.9 Å².